The fraction of sp³-hybridized carbons (Fsp3) is 0.520. The van der Waals surface area contributed by atoms with E-state index in [2.05, 4.69) is 11.6 Å². The standard InChI is InChI=1S/C25H32F3N3O4/c1-6-17(32)15-35-20-10-9-16(25(26,27)28)12-19(20)23(33)29-22-13-21(24(2,3)4)30(5)31(22)14-18-8-7-11-34-18/h6,9-10,12-13,17-18,32H,1,7-8,11,14-15H2,2-5H3/t17?,18-/m1/s1. The van der Waals surface area contributed by atoms with Crippen LogP contribution in [0.4, 0.5) is 13.2 Å². The van der Waals surface area contributed by atoms with Crippen LogP contribution in [0.5, 0.6) is 5.75 Å². The van der Waals surface area contributed by atoms with Crippen LogP contribution in [0.3, 0.4) is 0 Å². The van der Waals surface area contributed by atoms with Crippen LogP contribution in [-0.4, -0.2) is 45.8 Å². The monoisotopic (exact) mass is 495 g/mol. The number of alkyl halides is 3. The van der Waals surface area contributed by atoms with Crippen molar-refractivity contribution < 1.29 is 32.5 Å². The predicted octanol–water partition coefficient (Wildman–Crippen LogP) is 3.99. The molecule has 1 aliphatic rings. The summed E-state index contributed by atoms with van der Waals surface area (Å²) in [7, 11) is 1.86. The smallest absolute Gasteiger partial charge is 0.416 e. The molecule has 1 aliphatic heterocycles. The molecule has 2 aromatic rings. The molecule has 10 heteroatoms. The minimum absolute atomic E-state index is 0.0432. The molecule has 192 valence electrons. The Bertz CT molecular complexity index is 1140. The van der Waals surface area contributed by atoms with E-state index in [1.54, 1.807) is 6.07 Å². The molecule has 2 heterocycles. The summed E-state index contributed by atoms with van der Waals surface area (Å²) in [6.45, 7) is 10.3. The molecular weight excluding hydrogens is 463 g/mol. The molecule has 3 rings (SSSR count). The lowest BCUT2D eigenvalue weighted by Crippen LogP contribution is -2.30. The molecule has 1 aromatic heterocycles. The van der Waals surface area contributed by atoms with E-state index in [1.807, 2.05) is 37.2 Å². The van der Waals surface area contributed by atoms with E-state index in [-0.39, 0.29) is 29.4 Å². The number of nitrogens with zero attached hydrogens (tertiary/aromatic N) is 3. The summed E-state index contributed by atoms with van der Waals surface area (Å²) in [6, 6.07) is 4.37. The molecule has 0 bridgehead atoms. The highest BCUT2D eigenvalue weighted by molar-refractivity contribution is 5.97. The van der Waals surface area contributed by atoms with Gasteiger partial charge in [0.1, 0.15) is 18.5 Å². The van der Waals surface area contributed by atoms with Crippen molar-refractivity contribution in [2.45, 2.75) is 64.0 Å². The molecule has 1 unspecified atom stereocenters. The second kappa shape index (κ2) is 10.4. The molecular formula is C25H32F3N3O4. The second-order valence-electron chi connectivity index (χ2n) is 9.62. The Hall–Kier alpha value is -2.85. The van der Waals surface area contributed by atoms with Gasteiger partial charge in [-0.25, -0.2) is 0 Å². The SMILES string of the molecule is C=CC(O)COc1ccc(C(F)(F)F)cc1C(=O)N=c1cc(C(C)(C)C)n(C)n1C[C@H]1CCCO1. The number of rotatable bonds is 7. The third-order valence-corrected chi connectivity index (χ3v) is 5.85. The first-order valence-corrected chi connectivity index (χ1v) is 11.4. The highest BCUT2D eigenvalue weighted by Crippen LogP contribution is 2.33. The summed E-state index contributed by atoms with van der Waals surface area (Å²) >= 11 is 0. The van der Waals surface area contributed by atoms with E-state index in [0.717, 1.165) is 36.7 Å². The van der Waals surface area contributed by atoms with E-state index in [4.69, 9.17) is 9.47 Å². The van der Waals surface area contributed by atoms with Gasteiger partial charge in [-0.1, -0.05) is 26.8 Å². The van der Waals surface area contributed by atoms with Gasteiger partial charge in [0.2, 0.25) is 0 Å². The highest BCUT2D eigenvalue weighted by atomic mass is 19.4. The van der Waals surface area contributed by atoms with E-state index in [9.17, 15) is 23.1 Å². The van der Waals surface area contributed by atoms with E-state index < -0.39 is 23.8 Å². The maximum atomic E-state index is 13.4. The van der Waals surface area contributed by atoms with E-state index >= 15 is 0 Å². The van der Waals surface area contributed by atoms with Gasteiger partial charge in [0.05, 0.1) is 23.8 Å². The van der Waals surface area contributed by atoms with Gasteiger partial charge in [-0.2, -0.15) is 18.2 Å². The van der Waals surface area contributed by atoms with Gasteiger partial charge < -0.3 is 14.6 Å². The third kappa shape index (κ3) is 6.43. The predicted molar refractivity (Wildman–Crippen MR) is 124 cm³/mol. The molecule has 0 saturated carbocycles. The van der Waals surface area contributed by atoms with Gasteiger partial charge in [0.15, 0.2) is 5.49 Å². The fourth-order valence-electron chi connectivity index (χ4n) is 3.97. The van der Waals surface area contributed by atoms with Gasteiger partial charge in [0.25, 0.3) is 5.91 Å². The molecule has 7 nitrogen and oxygen atoms in total. The van der Waals surface area contributed by atoms with Crippen LogP contribution < -0.4 is 10.2 Å². The summed E-state index contributed by atoms with van der Waals surface area (Å²) in [5.74, 6) is -0.989. The Morgan fingerprint density at radius 2 is 2.06 bits per heavy atom. The molecule has 1 aromatic carbocycles. The third-order valence-electron chi connectivity index (χ3n) is 5.85. The largest absolute Gasteiger partial charge is 0.490 e. The number of carbonyl (C=O) groups excluding carboxylic acids is 1. The summed E-state index contributed by atoms with van der Waals surface area (Å²) in [5.41, 5.74) is -0.400. The molecule has 1 saturated heterocycles. The average molecular weight is 496 g/mol. The van der Waals surface area contributed by atoms with Crippen molar-refractivity contribution in [1.82, 2.24) is 9.36 Å². The van der Waals surface area contributed by atoms with Crippen LogP contribution in [0.1, 0.15) is 55.2 Å². The van der Waals surface area contributed by atoms with Crippen LogP contribution in [0.25, 0.3) is 0 Å². The van der Waals surface area contributed by atoms with Crippen molar-refractivity contribution in [2.24, 2.45) is 12.0 Å². The number of carbonyl (C=O) groups is 1. The van der Waals surface area contributed by atoms with Crippen LogP contribution in [0.2, 0.25) is 0 Å². The van der Waals surface area contributed by atoms with Gasteiger partial charge >= 0.3 is 6.18 Å². The van der Waals surface area contributed by atoms with Gasteiger partial charge in [0, 0.05) is 30.8 Å². The molecule has 1 fully saturated rings. The number of aliphatic hydroxyl groups excluding tert-OH is 1. The normalized spacial score (nSPS) is 18.1. The zero-order valence-corrected chi connectivity index (χ0v) is 20.4. The number of ether oxygens (including phenoxy) is 2. The topological polar surface area (TPSA) is 78.0 Å². The van der Waals surface area contributed by atoms with E-state index in [0.29, 0.717) is 18.6 Å². The first-order chi connectivity index (χ1) is 16.3. The number of benzene rings is 1. The van der Waals surface area contributed by atoms with Crippen molar-refractivity contribution in [2.75, 3.05) is 13.2 Å². The van der Waals surface area contributed by atoms with E-state index in [1.165, 1.54) is 6.08 Å². The Labute approximate surface area is 202 Å². The van der Waals surface area contributed by atoms with Crippen molar-refractivity contribution >= 4 is 5.91 Å². The van der Waals surface area contributed by atoms with Crippen LogP contribution >= 0.6 is 0 Å². The van der Waals surface area contributed by atoms with Crippen LogP contribution in [0.15, 0.2) is 41.9 Å². The number of hydrogen-bond acceptors (Lipinski definition) is 4. The number of hydrogen-bond donors (Lipinski definition) is 1. The Morgan fingerprint density at radius 1 is 1.34 bits per heavy atom. The second-order valence-corrected chi connectivity index (χ2v) is 9.62. The molecule has 0 aliphatic carbocycles. The van der Waals surface area contributed by atoms with Gasteiger partial charge in [-0.05, 0) is 31.0 Å². The Kier molecular flexibility index (Phi) is 7.96. The maximum absolute atomic E-state index is 13.4. The van der Waals surface area contributed by atoms with Crippen molar-refractivity contribution in [1.29, 1.82) is 0 Å². The molecule has 2 atom stereocenters. The number of halogens is 3. The zero-order valence-electron chi connectivity index (χ0n) is 20.4. The van der Waals surface area contributed by atoms with Gasteiger partial charge in [-0.3, -0.25) is 14.2 Å². The Morgan fingerprint density at radius 3 is 2.63 bits per heavy atom. The molecule has 0 spiro atoms. The summed E-state index contributed by atoms with van der Waals surface area (Å²) < 4.78 is 55.0. The molecule has 1 amide bonds. The molecule has 0 radical (unpaired) electrons. The van der Waals surface area contributed by atoms with Crippen LogP contribution in [0, 0.1) is 0 Å². The number of aromatic nitrogens is 2. The lowest BCUT2D eigenvalue weighted by atomic mass is 9.92. The minimum Gasteiger partial charge on any atom is -0.490 e. The van der Waals surface area contributed by atoms with Crippen LogP contribution in [-0.2, 0) is 29.9 Å². The minimum atomic E-state index is -4.65. The van der Waals surface area contributed by atoms with Crippen molar-refractivity contribution in [3.05, 3.63) is 59.2 Å². The zero-order chi connectivity index (χ0) is 26.0. The average Bonchev–Trinajstić information content (AvgIpc) is 3.40. The Balaban J connectivity index is 2.09. The summed E-state index contributed by atoms with van der Waals surface area (Å²) in [4.78, 5) is 17.5. The lowest BCUT2D eigenvalue weighted by molar-refractivity contribution is -0.137. The lowest BCUT2D eigenvalue weighted by Gasteiger charge is -2.21. The van der Waals surface area contributed by atoms with Gasteiger partial charge in [-0.15, -0.1) is 6.58 Å². The molecule has 1 N–H and O–H groups in total. The van der Waals surface area contributed by atoms with Crippen molar-refractivity contribution in [3.63, 3.8) is 0 Å². The van der Waals surface area contributed by atoms with Crippen molar-refractivity contribution in [3.8, 4) is 5.75 Å². The fourth-order valence-corrected chi connectivity index (χ4v) is 3.97. The number of aliphatic hydroxyl groups is 1. The first kappa shape index (κ1) is 26.7. The molecule has 35 heavy (non-hydrogen) atoms. The first-order valence-electron chi connectivity index (χ1n) is 11.4. The summed E-state index contributed by atoms with van der Waals surface area (Å²) in [5, 5.41) is 9.70. The number of amides is 1. The summed E-state index contributed by atoms with van der Waals surface area (Å²) in [6.07, 6.45) is -2.71. The highest BCUT2D eigenvalue weighted by Gasteiger charge is 2.32. The quantitative estimate of drug-likeness (QED) is 0.590. The maximum Gasteiger partial charge on any atom is 0.416 e.